The zero-order chi connectivity index (χ0) is 21.5. The van der Waals surface area contributed by atoms with Gasteiger partial charge >= 0.3 is 6.03 Å². The maximum Gasteiger partial charge on any atom is 0.322 e. The number of benzene rings is 1. The van der Waals surface area contributed by atoms with Crippen LogP contribution in [0.1, 0.15) is 54.4 Å². The molecule has 1 aliphatic heterocycles. The molecule has 2 amide bonds. The SMILES string of the molecule is COc1cccc(NC(=O)N2Cc3c(sc4c3CCCC4)-n3cccc3[C@H]2C(C)C)c1. The number of carbonyl (C=O) groups is 1. The van der Waals surface area contributed by atoms with Gasteiger partial charge in [-0.25, -0.2) is 4.79 Å². The Morgan fingerprint density at radius 3 is 2.81 bits per heavy atom. The maximum atomic E-state index is 13.6. The molecule has 0 spiro atoms. The number of rotatable bonds is 3. The molecule has 6 heteroatoms. The number of ether oxygens (including phenoxy) is 1. The molecule has 162 valence electrons. The van der Waals surface area contributed by atoms with Crippen LogP contribution in [0, 0.1) is 5.92 Å². The second kappa shape index (κ2) is 8.08. The highest BCUT2D eigenvalue weighted by molar-refractivity contribution is 7.15. The van der Waals surface area contributed by atoms with Gasteiger partial charge in [-0.2, -0.15) is 0 Å². The number of aromatic nitrogens is 1. The molecule has 1 atom stereocenters. The predicted octanol–water partition coefficient (Wildman–Crippen LogP) is 6.17. The van der Waals surface area contributed by atoms with Gasteiger partial charge in [0.05, 0.1) is 19.7 Å². The first-order chi connectivity index (χ1) is 15.1. The number of hydrogen-bond acceptors (Lipinski definition) is 3. The van der Waals surface area contributed by atoms with E-state index in [1.165, 1.54) is 39.5 Å². The van der Waals surface area contributed by atoms with Crippen LogP contribution >= 0.6 is 11.3 Å². The molecule has 3 heterocycles. The van der Waals surface area contributed by atoms with Gasteiger partial charge < -0.3 is 19.5 Å². The average molecular weight is 436 g/mol. The van der Waals surface area contributed by atoms with E-state index < -0.39 is 0 Å². The molecule has 3 aromatic rings. The molecule has 0 bridgehead atoms. The minimum atomic E-state index is -0.0664. The van der Waals surface area contributed by atoms with Crippen LogP contribution in [0.25, 0.3) is 5.00 Å². The monoisotopic (exact) mass is 435 g/mol. The van der Waals surface area contributed by atoms with Crippen molar-refractivity contribution in [3.63, 3.8) is 0 Å². The first kappa shape index (κ1) is 20.2. The first-order valence-corrected chi connectivity index (χ1v) is 11.9. The molecule has 1 aliphatic carbocycles. The van der Waals surface area contributed by atoms with Gasteiger partial charge in [0.25, 0.3) is 0 Å². The number of aryl methyl sites for hydroxylation is 1. The summed E-state index contributed by atoms with van der Waals surface area (Å²) in [6.07, 6.45) is 6.94. The fourth-order valence-electron chi connectivity index (χ4n) is 5.02. The second-order valence-corrected chi connectivity index (χ2v) is 9.86. The number of urea groups is 1. The van der Waals surface area contributed by atoms with E-state index in [2.05, 4.69) is 42.1 Å². The fourth-order valence-corrected chi connectivity index (χ4v) is 6.42. The molecule has 1 aromatic carbocycles. The normalized spacial score (nSPS) is 17.5. The third kappa shape index (κ3) is 3.53. The smallest absolute Gasteiger partial charge is 0.322 e. The highest BCUT2D eigenvalue weighted by atomic mass is 32.1. The third-order valence-corrected chi connectivity index (χ3v) is 7.77. The summed E-state index contributed by atoms with van der Waals surface area (Å²) in [6.45, 7) is 5.03. The Kier molecular flexibility index (Phi) is 5.26. The lowest BCUT2D eigenvalue weighted by molar-refractivity contribution is 0.161. The van der Waals surface area contributed by atoms with E-state index in [4.69, 9.17) is 4.74 Å². The van der Waals surface area contributed by atoms with Crippen molar-refractivity contribution in [2.24, 2.45) is 5.92 Å². The number of hydrogen-bond donors (Lipinski definition) is 1. The van der Waals surface area contributed by atoms with Gasteiger partial charge in [0.15, 0.2) is 0 Å². The van der Waals surface area contributed by atoms with Crippen molar-refractivity contribution in [3.05, 3.63) is 64.3 Å². The summed E-state index contributed by atoms with van der Waals surface area (Å²) in [4.78, 5) is 17.2. The summed E-state index contributed by atoms with van der Waals surface area (Å²) in [5.41, 5.74) is 4.75. The van der Waals surface area contributed by atoms with Crippen molar-refractivity contribution >= 4 is 23.1 Å². The van der Waals surface area contributed by atoms with Gasteiger partial charge in [-0.3, -0.25) is 0 Å². The van der Waals surface area contributed by atoms with Gasteiger partial charge in [0, 0.05) is 34.1 Å². The minimum absolute atomic E-state index is 0.000511. The molecule has 0 saturated heterocycles. The number of carbonyl (C=O) groups excluding carboxylic acids is 1. The Morgan fingerprint density at radius 2 is 2.00 bits per heavy atom. The van der Waals surface area contributed by atoms with Crippen LogP contribution in [0.4, 0.5) is 10.5 Å². The summed E-state index contributed by atoms with van der Waals surface area (Å²) >= 11 is 1.92. The molecule has 5 rings (SSSR count). The van der Waals surface area contributed by atoms with E-state index in [0.29, 0.717) is 6.54 Å². The van der Waals surface area contributed by atoms with Gasteiger partial charge in [0.2, 0.25) is 0 Å². The van der Waals surface area contributed by atoms with Crippen LogP contribution < -0.4 is 10.1 Å². The molecular formula is C25H29N3O2S. The Hall–Kier alpha value is -2.73. The molecule has 0 saturated carbocycles. The van der Waals surface area contributed by atoms with Crippen molar-refractivity contribution in [1.82, 2.24) is 9.47 Å². The Morgan fingerprint density at radius 1 is 1.16 bits per heavy atom. The van der Waals surface area contributed by atoms with Gasteiger partial charge in [-0.15, -0.1) is 11.3 Å². The molecule has 0 unspecified atom stereocenters. The summed E-state index contributed by atoms with van der Waals surface area (Å²) < 4.78 is 7.66. The number of amides is 2. The highest BCUT2D eigenvalue weighted by Crippen LogP contribution is 2.44. The highest BCUT2D eigenvalue weighted by Gasteiger charge is 2.36. The standard InChI is InChI=1S/C25H29N3O2S/c1-16(2)23-21-11-7-13-27(21)24-20(19-10-4-5-12-22(19)31-24)15-28(23)25(29)26-17-8-6-9-18(14-17)30-3/h6-9,11,13-14,16,23H,4-5,10,12,15H2,1-3H3,(H,26,29)/t23-/m1/s1. The topological polar surface area (TPSA) is 46.5 Å². The van der Waals surface area contributed by atoms with Crippen molar-refractivity contribution in [2.45, 2.75) is 52.1 Å². The number of methoxy groups -OCH3 is 1. The summed E-state index contributed by atoms with van der Waals surface area (Å²) in [5.74, 6) is 1.02. The lowest BCUT2D eigenvalue weighted by Crippen LogP contribution is -2.39. The predicted molar refractivity (Wildman–Crippen MR) is 125 cm³/mol. The van der Waals surface area contributed by atoms with Crippen molar-refractivity contribution in [1.29, 1.82) is 0 Å². The van der Waals surface area contributed by atoms with E-state index >= 15 is 0 Å². The summed E-state index contributed by atoms with van der Waals surface area (Å²) in [5, 5.41) is 4.43. The largest absolute Gasteiger partial charge is 0.497 e. The van der Waals surface area contributed by atoms with Crippen LogP contribution in [0.5, 0.6) is 5.75 Å². The van der Waals surface area contributed by atoms with Crippen LogP contribution in [-0.4, -0.2) is 22.6 Å². The number of fused-ring (bicyclic) bond motifs is 5. The maximum absolute atomic E-state index is 13.6. The van der Waals surface area contributed by atoms with Crippen LogP contribution in [0.2, 0.25) is 0 Å². The molecule has 2 aromatic heterocycles. The average Bonchev–Trinajstić information content (AvgIpc) is 3.35. The van der Waals surface area contributed by atoms with E-state index in [9.17, 15) is 4.79 Å². The molecular weight excluding hydrogens is 406 g/mol. The number of anilines is 1. The van der Waals surface area contributed by atoms with Gasteiger partial charge in [-0.1, -0.05) is 19.9 Å². The van der Waals surface area contributed by atoms with E-state index in [1.54, 1.807) is 7.11 Å². The van der Waals surface area contributed by atoms with E-state index in [-0.39, 0.29) is 18.0 Å². The minimum Gasteiger partial charge on any atom is -0.497 e. The zero-order valence-electron chi connectivity index (χ0n) is 18.4. The first-order valence-electron chi connectivity index (χ1n) is 11.1. The lowest BCUT2D eigenvalue weighted by Gasteiger charge is -2.33. The van der Waals surface area contributed by atoms with Crippen LogP contribution in [-0.2, 0) is 19.4 Å². The van der Waals surface area contributed by atoms with Gasteiger partial charge in [-0.05, 0) is 61.4 Å². The van der Waals surface area contributed by atoms with Crippen molar-refractivity contribution in [3.8, 4) is 10.8 Å². The molecule has 0 fully saturated rings. The van der Waals surface area contributed by atoms with E-state index in [1.807, 2.05) is 40.5 Å². The Balaban J connectivity index is 1.57. The van der Waals surface area contributed by atoms with Gasteiger partial charge in [0.1, 0.15) is 10.8 Å². The molecule has 31 heavy (non-hydrogen) atoms. The fraction of sp³-hybridized carbons (Fsp3) is 0.400. The van der Waals surface area contributed by atoms with Crippen molar-refractivity contribution < 1.29 is 9.53 Å². The quantitative estimate of drug-likeness (QED) is 0.535. The van der Waals surface area contributed by atoms with Crippen LogP contribution in [0.15, 0.2) is 42.6 Å². The molecule has 1 N–H and O–H groups in total. The van der Waals surface area contributed by atoms with Crippen LogP contribution in [0.3, 0.4) is 0 Å². The lowest BCUT2D eigenvalue weighted by atomic mass is 9.94. The van der Waals surface area contributed by atoms with E-state index in [0.717, 1.165) is 24.3 Å². The van der Waals surface area contributed by atoms with Crippen molar-refractivity contribution in [2.75, 3.05) is 12.4 Å². The molecule has 5 nitrogen and oxygen atoms in total. The summed E-state index contributed by atoms with van der Waals surface area (Å²) in [7, 11) is 1.64. The number of thiophene rings is 1. The molecule has 2 aliphatic rings. The third-order valence-electron chi connectivity index (χ3n) is 6.44. The summed E-state index contributed by atoms with van der Waals surface area (Å²) in [6, 6.07) is 11.8. The second-order valence-electron chi connectivity index (χ2n) is 8.78. The molecule has 0 radical (unpaired) electrons. The zero-order valence-corrected chi connectivity index (χ0v) is 19.2. The Labute approximate surface area is 187 Å². The number of nitrogens with one attached hydrogen (secondary N) is 1. The number of nitrogens with zero attached hydrogens (tertiary/aromatic N) is 2. The Bertz CT molecular complexity index is 1110.